The molecule has 1 aliphatic rings. The molecule has 1 atom stereocenters. The lowest BCUT2D eigenvalue weighted by atomic mass is 9.74. The van der Waals surface area contributed by atoms with E-state index in [1.807, 2.05) is 43.3 Å². The normalized spacial score (nSPS) is 17.6. The summed E-state index contributed by atoms with van der Waals surface area (Å²) in [5.74, 6) is 0.0932. The summed E-state index contributed by atoms with van der Waals surface area (Å²) in [5.41, 5.74) is 1.27. The van der Waals surface area contributed by atoms with Crippen LogP contribution >= 0.6 is 11.8 Å². The first-order chi connectivity index (χ1) is 12.2. The maximum absolute atomic E-state index is 12.6. The van der Waals surface area contributed by atoms with Crippen molar-refractivity contribution in [2.75, 3.05) is 19.8 Å². The number of amides is 1. The van der Waals surface area contributed by atoms with Crippen molar-refractivity contribution in [2.45, 2.75) is 35.3 Å². The monoisotopic (exact) mass is 355 g/mol. The summed E-state index contributed by atoms with van der Waals surface area (Å²) >= 11 is 1.60. The number of rotatable bonds is 6. The Labute approximate surface area is 154 Å². The van der Waals surface area contributed by atoms with Gasteiger partial charge < -0.3 is 10.1 Å². The Hall–Kier alpha value is -1.78. The van der Waals surface area contributed by atoms with Crippen LogP contribution in [0.25, 0.3) is 0 Å². The first-order valence-corrected chi connectivity index (χ1v) is 9.70. The highest BCUT2D eigenvalue weighted by Crippen LogP contribution is 2.34. The SMILES string of the molecule is CC(Sc1ccccc1)C(=O)NCC1(c2ccccc2)CCOCC1. The summed E-state index contributed by atoms with van der Waals surface area (Å²) in [5, 5.41) is 3.08. The summed E-state index contributed by atoms with van der Waals surface area (Å²) < 4.78 is 5.56. The van der Waals surface area contributed by atoms with E-state index in [0.717, 1.165) is 31.0 Å². The van der Waals surface area contributed by atoms with Gasteiger partial charge in [-0.05, 0) is 37.5 Å². The van der Waals surface area contributed by atoms with Gasteiger partial charge in [0.1, 0.15) is 0 Å². The molecule has 1 fully saturated rings. The van der Waals surface area contributed by atoms with Crippen LogP contribution in [-0.2, 0) is 14.9 Å². The number of carbonyl (C=O) groups is 1. The van der Waals surface area contributed by atoms with Gasteiger partial charge in [0.2, 0.25) is 5.91 Å². The van der Waals surface area contributed by atoms with Gasteiger partial charge in [-0.1, -0.05) is 48.5 Å². The molecule has 1 heterocycles. The molecule has 0 aliphatic carbocycles. The van der Waals surface area contributed by atoms with Crippen molar-refractivity contribution in [2.24, 2.45) is 0 Å². The largest absolute Gasteiger partial charge is 0.381 e. The fourth-order valence-electron chi connectivity index (χ4n) is 3.28. The number of thioether (sulfide) groups is 1. The molecule has 1 N–H and O–H groups in total. The molecule has 0 bridgehead atoms. The maximum atomic E-state index is 12.6. The van der Waals surface area contributed by atoms with Crippen LogP contribution in [0.15, 0.2) is 65.6 Å². The Morgan fingerprint density at radius 1 is 1.08 bits per heavy atom. The van der Waals surface area contributed by atoms with Gasteiger partial charge >= 0.3 is 0 Å². The average molecular weight is 356 g/mol. The van der Waals surface area contributed by atoms with Crippen LogP contribution in [-0.4, -0.2) is 30.9 Å². The van der Waals surface area contributed by atoms with Crippen molar-refractivity contribution in [3.8, 4) is 0 Å². The molecule has 1 amide bonds. The number of hydrogen-bond donors (Lipinski definition) is 1. The fraction of sp³-hybridized carbons (Fsp3) is 0.381. The lowest BCUT2D eigenvalue weighted by Crippen LogP contribution is -2.46. The molecule has 0 spiro atoms. The molecule has 1 aliphatic heterocycles. The highest BCUT2D eigenvalue weighted by molar-refractivity contribution is 8.00. The number of hydrogen-bond acceptors (Lipinski definition) is 3. The van der Waals surface area contributed by atoms with E-state index in [0.29, 0.717) is 6.54 Å². The standard InChI is InChI=1S/C21H25NO2S/c1-17(25-19-10-6-3-7-11-19)20(23)22-16-21(12-14-24-15-13-21)18-8-4-2-5-9-18/h2-11,17H,12-16H2,1H3,(H,22,23). The third-order valence-corrected chi connectivity index (χ3v) is 5.97. The van der Waals surface area contributed by atoms with E-state index in [9.17, 15) is 4.79 Å². The van der Waals surface area contributed by atoms with Gasteiger partial charge in [-0.2, -0.15) is 0 Å². The first kappa shape index (κ1) is 18.0. The Balaban J connectivity index is 1.64. The third-order valence-electron chi connectivity index (χ3n) is 4.86. The molecule has 2 aromatic carbocycles. The fourth-order valence-corrected chi connectivity index (χ4v) is 4.19. The summed E-state index contributed by atoms with van der Waals surface area (Å²) in [7, 11) is 0. The van der Waals surface area contributed by atoms with Crippen molar-refractivity contribution in [1.29, 1.82) is 0 Å². The van der Waals surface area contributed by atoms with E-state index in [-0.39, 0.29) is 16.6 Å². The van der Waals surface area contributed by atoms with Crippen LogP contribution in [0.1, 0.15) is 25.3 Å². The molecule has 2 aromatic rings. The topological polar surface area (TPSA) is 38.3 Å². The van der Waals surface area contributed by atoms with Crippen LogP contribution < -0.4 is 5.32 Å². The molecule has 132 valence electrons. The molecule has 3 rings (SSSR count). The summed E-state index contributed by atoms with van der Waals surface area (Å²) in [6, 6.07) is 20.6. The smallest absolute Gasteiger partial charge is 0.233 e. The predicted octanol–water partition coefficient (Wildman–Crippen LogP) is 4.03. The minimum atomic E-state index is -0.116. The van der Waals surface area contributed by atoms with Gasteiger partial charge in [-0.3, -0.25) is 4.79 Å². The van der Waals surface area contributed by atoms with E-state index in [1.54, 1.807) is 11.8 Å². The van der Waals surface area contributed by atoms with Gasteiger partial charge in [0.05, 0.1) is 5.25 Å². The minimum Gasteiger partial charge on any atom is -0.381 e. The van der Waals surface area contributed by atoms with Crippen LogP contribution in [0.2, 0.25) is 0 Å². The quantitative estimate of drug-likeness (QED) is 0.795. The molecule has 0 aromatic heterocycles. The van der Waals surface area contributed by atoms with Crippen molar-refractivity contribution in [3.63, 3.8) is 0 Å². The van der Waals surface area contributed by atoms with Crippen molar-refractivity contribution in [3.05, 3.63) is 66.2 Å². The van der Waals surface area contributed by atoms with E-state index >= 15 is 0 Å². The second-order valence-corrected chi connectivity index (χ2v) is 7.96. The van der Waals surface area contributed by atoms with Gasteiger partial charge in [0.15, 0.2) is 0 Å². The second kappa shape index (κ2) is 8.54. The second-order valence-electron chi connectivity index (χ2n) is 6.55. The summed E-state index contributed by atoms with van der Waals surface area (Å²) in [6.45, 7) is 4.13. The predicted molar refractivity (Wildman–Crippen MR) is 103 cm³/mol. The Morgan fingerprint density at radius 3 is 2.32 bits per heavy atom. The molecule has 1 unspecified atom stereocenters. The minimum absolute atomic E-state index is 0.0215. The van der Waals surface area contributed by atoms with E-state index in [1.165, 1.54) is 5.56 Å². The van der Waals surface area contributed by atoms with Crippen LogP contribution in [0.5, 0.6) is 0 Å². The molecule has 3 nitrogen and oxygen atoms in total. The number of ether oxygens (including phenoxy) is 1. The van der Waals surface area contributed by atoms with Gasteiger partial charge in [0.25, 0.3) is 0 Å². The molecule has 4 heteroatoms. The molecule has 1 saturated heterocycles. The molecular weight excluding hydrogens is 330 g/mol. The highest BCUT2D eigenvalue weighted by Gasteiger charge is 2.35. The van der Waals surface area contributed by atoms with Gasteiger partial charge in [-0.15, -0.1) is 11.8 Å². The highest BCUT2D eigenvalue weighted by atomic mass is 32.2. The average Bonchev–Trinajstić information content (AvgIpc) is 2.68. The summed E-state index contributed by atoms with van der Waals surface area (Å²) in [4.78, 5) is 13.7. The Kier molecular flexibility index (Phi) is 6.16. The van der Waals surface area contributed by atoms with E-state index in [2.05, 4.69) is 29.6 Å². The van der Waals surface area contributed by atoms with Crippen LogP contribution in [0.3, 0.4) is 0 Å². The number of carbonyl (C=O) groups excluding carboxylic acids is 1. The molecule has 25 heavy (non-hydrogen) atoms. The zero-order valence-electron chi connectivity index (χ0n) is 14.6. The van der Waals surface area contributed by atoms with Crippen molar-refractivity contribution in [1.82, 2.24) is 5.32 Å². The van der Waals surface area contributed by atoms with Crippen molar-refractivity contribution < 1.29 is 9.53 Å². The maximum Gasteiger partial charge on any atom is 0.233 e. The summed E-state index contributed by atoms with van der Waals surface area (Å²) in [6.07, 6.45) is 1.88. The number of nitrogens with one attached hydrogen (secondary N) is 1. The lowest BCUT2D eigenvalue weighted by Gasteiger charge is -2.38. The first-order valence-electron chi connectivity index (χ1n) is 8.82. The zero-order valence-corrected chi connectivity index (χ0v) is 15.4. The number of benzene rings is 2. The zero-order chi connectivity index (χ0) is 17.5. The third kappa shape index (κ3) is 4.65. The molecular formula is C21H25NO2S. The Morgan fingerprint density at radius 2 is 1.68 bits per heavy atom. The van der Waals surface area contributed by atoms with Crippen molar-refractivity contribution >= 4 is 17.7 Å². The Bertz CT molecular complexity index is 669. The lowest BCUT2D eigenvalue weighted by molar-refractivity contribution is -0.120. The molecule has 0 saturated carbocycles. The van der Waals surface area contributed by atoms with Gasteiger partial charge in [-0.25, -0.2) is 0 Å². The molecule has 0 radical (unpaired) electrons. The van der Waals surface area contributed by atoms with Crippen LogP contribution in [0.4, 0.5) is 0 Å². The van der Waals surface area contributed by atoms with E-state index < -0.39 is 0 Å². The van der Waals surface area contributed by atoms with Crippen LogP contribution in [0, 0.1) is 0 Å². The van der Waals surface area contributed by atoms with Gasteiger partial charge in [0, 0.05) is 30.1 Å². The van der Waals surface area contributed by atoms with E-state index in [4.69, 9.17) is 4.74 Å².